The number of benzene rings is 2. The monoisotopic (exact) mass is 514 g/mol. The van der Waals surface area contributed by atoms with E-state index in [1.54, 1.807) is 0 Å². The topological polar surface area (TPSA) is 96.7 Å². The van der Waals surface area contributed by atoms with E-state index in [2.05, 4.69) is 36.1 Å². The summed E-state index contributed by atoms with van der Waals surface area (Å²) in [4.78, 5) is 26.9. The van der Waals surface area contributed by atoms with Gasteiger partial charge < -0.3 is 26.0 Å². The number of nitrogens with zero attached hydrogens (tertiary/aromatic N) is 1. The van der Waals surface area contributed by atoms with Gasteiger partial charge in [0, 0.05) is 24.5 Å². The van der Waals surface area contributed by atoms with Crippen LogP contribution in [0.4, 0.5) is 29.3 Å². The lowest BCUT2D eigenvalue weighted by Crippen LogP contribution is -2.58. The standard InChI is InChI=1S/C24H29F3N4O3.ClH/c1-22(2,3)16-4-6-17(7-5-16)29-20(32)23(28)12-14-31(15-13-23)21(33)30-18-8-10-19(11-9-18)34-24(25,26)27;/h4-11H,12-15,28H2,1-3H3,(H,29,32)(H,30,33);1H. The molecule has 1 aliphatic heterocycles. The molecule has 0 spiro atoms. The molecular weight excluding hydrogens is 485 g/mol. The van der Waals surface area contributed by atoms with Crippen LogP contribution in [-0.4, -0.2) is 41.8 Å². The van der Waals surface area contributed by atoms with Crippen LogP contribution in [0.25, 0.3) is 0 Å². The fraction of sp³-hybridized carbons (Fsp3) is 0.417. The first kappa shape index (κ1) is 28.3. The molecule has 3 amide bonds. The number of ether oxygens (including phenoxy) is 1. The molecule has 35 heavy (non-hydrogen) atoms. The largest absolute Gasteiger partial charge is 0.573 e. The van der Waals surface area contributed by atoms with Crippen LogP contribution in [0.5, 0.6) is 5.75 Å². The minimum atomic E-state index is -4.78. The van der Waals surface area contributed by atoms with Crippen molar-refractivity contribution in [2.45, 2.75) is 50.9 Å². The average molecular weight is 515 g/mol. The lowest BCUT2D eigenvalue weighted by Gasteiger charge is -2.38. The summed E-state index contributed by atoms with van der Waals surface area (Å²) in [6.07, 6.45) is -4.25. The summed E-state index contributed by atoms with van der Waals surface area (Å²) in [7, 11) is 0. The predicted octanol–water partition coefficient (Wildman–Crippen LogP) is 5.27. The Kier molecular flexibility index (Phi) is 8.67. The summed E-state index contributed by atoms with van der Waals surface area (Å²) < 4.78 is 40.6. The second kappa shape index (κ2) is 10.7. The molecule has 0 unspecified atom stereocenters. The van der Waals surface area contributed by atoms with Crippen LogP contribution in [0.15, 0.2) is 48.5 Å². The molecule has 1 fully saturated rings. The van der Waals surface area contributed by atoms with Crippen LogP contribution in [0.2, 0.25) is 0 Å². The van der Waals surface area contributed by atoms with Crippen molar-refractivity contribution in [3.63, 3.8) is 0 Å². The van der Waals surface area contributed by atoms with Gasteiger partial charge in [-0.25, -0.2) is 4.79 Å². The van der Waals surface area contributed by atoms with Gasteiger partial charge in [-0.2, -0.15) is 0 Å². The van der Waals surface area contributed by atoms with Gasteiger partial charge in [0.05, 0.1) is 5.54 Å². The van der Waals surface area contributed by atoms with Crippen molar-refractivity contribution < 1.29 is 27.5 Å². The smallest absolute Gasteiger partial charge is 0.406 e. The third-order valence-electron chi connectivity index (χ3n) is 5.74. The molecular formula is C24H30ClF3N4O3. The Morgan fingerprint density at radius 1 is 0.914 bits per heavy atom. The van der Waals surface area contributed by atoms with Crippen LogP contribution in [0.3, 0.4) is 0 Å². The molecule has 0 saturated carbocycles. The van der Waals surface area contributed by atoms with Crippen LogP contribution in [0, 0.1) is 0 Å². The normalized spacial score (nSPS) is 15.6. The van der Waals surface area contributed by atoms with Crippen molar-refractivity contribution in [2.24, 2.45) is 5.73 Å². The third kappa shape index (κ3) is 7.76. The number of piperidine rings is 1. The van der Waals surface area contributed by atoms with Crippen LogP contribution in [-0.2, 0) is 10.2 Å². The maximum atomic E-state index is 12.8. The van der Waals surface area contributed by atoms with Gasteiger partial charge in [-0.15, -0.1) is 25.6 Å². The van der Waals surface area contributed by atoms with E-state index in [9.17, 15) is 22.8 Å². The summed E-state index contributed by atoms with van der Waals surface area (Å²) in [5.41, 5.74) is 7.37. The second-order valence-corrected chi connectivity index (χ2v) is 9.43. The van der Waals surface area contributed by atoms with Crippen molar-refractivity contribution in [3.05, 3.63) is 54.1 Å². The maximum Gasteiger partial charge on any atom is 0.573 e. The number of nitrogens with two attached hydrogens (primary N) is 1. The van der Waals surface area contributed by atoms with Crippen molar-refractivity contribution in [2.75, 3.05) is 23.7 Å². The Bertz CT molecular complexity index is 1010. The molecule has 4 N–H and O–H groups in total. The van der Waals surface area contributed by atoms with Crippen molar-refractivity contribution in [1.82, 2.24) is 4.90 Å². The van der Waals surface area contributed by atoms with Gasteiger partial charge in [0.15, 0.2) is 0 Å². The summed E-state index contributed by atoms with van der Waals surface area (Å²) in [6.45, 7) is 6.84. The highest BCUT2D eigenvalue weighted by Crippen LogP contribution is 2.27. The van der Waals surface area contributed by atoms with Gasteiger partial charge in [-0.1, -0.05) is 32.9 Å². The van der Waals surface area contributed by atoms with E-state index in [0.717, 1.165) is 17.7 Å². The van der Waals surface area contributed by atoms with Gasteiger partial charge >= 0.3 is 12.4 Å². The number of nitrogens with one attached hydrogen (secondary N) is 2. The van der Waals surface area contributed by atoms with Crippen molar-refractivity contribution in [1.29, 1.82) is 0 Å². The zero-order valence-corrected chi connectivity index (χ0v) is 20.6. The zero-order valence-electron chi connectivity index (χ0n) is 19.7. The van der Waals surface area contributed by atoms with Crippen molar-refractivity contribution in [3.8, 4) is 5.75 Å². The number of urea groups is 1. The van der Waals surface area contributed by atoms with Crippen LogP contribution in [0.1, 0.15) is 39.2 Å². The number of rotatable bonds is 4. The molecule has 0 bridgehead atoms. The zero-order chi connectivity index (χ0) is 25.1. The molecule has 7 nitrogen and oxygen atoms in total. The second-order valence-electron chi connectivity index (χ2n) is 9.43. The van der Waals surface area contributed by atoms with Gasteiger partial charge in [-0.05, 0) is 60.2 Å². The molecule has 1 saturated heterocycles. The Balaban J connectivity index is 0.00000432. The molecule has 1 heterocycles. The number of carbonyl (C=O) groups excluding carboxylic acids is 2. The number of anilines is 2. The first-order valence-electron chi connectivity index (χ1n) is 10.9. The molecule has 2 aromatic rings. The van der Waals surface area contributed by atoms with E-state index in [1.165, 1.54) is 17.0 Å². The highest BCUT2D eigenvalue weighted by Gasteiger charge is 2.39. The van der Waals surface area contributed by atoms with E-state index < -0.39 is 17.9 Å². The predicted molar refractivity (Wildman–Crippen MR) is 131 cm³/mol. The maximum absolute atomic E-state index is 12.8. The van der Waals surface area contributed by atoms with Crippen molar-refractivity contribution >= 4 is 35.7 Å². The quantitative estimate of drug-likeness (QED) is 0.518. The fourth-order valence-corrected chi connectivity index (χ4v) is 3.59. The SMILES string of the molecule is CC(C)(C)c1ccc(NC(=O)C2(N)CCN(C(=O)Nc3ccc(OC(F)(F)F)cc3)CC2)cc1.Cl. The minimum Gasteiger partial charge on any atom is -0.406 e. The molecule has 0 aromatic heterocycles. The number of hydrogen-bond acceptors (Lipinski definition) is 4. The molecule has 0 radical (unpaired) electrons. The Labute approximate surface area is 208 Å². The summed E-state index contributed by atoms with van der Waals surface area (Å²) in [5.74, 6) is -0.688. The summed E-state index contributed by atoms with van der Waals surface area (Å²) in [6, 6.07) is 12.0. The van der Waals surface area contributed by atoms with Crippen LogP contribution >= 0.6 is 12.4 Å². The lowest BCUT2D eigenvalue weighted by atomic mass is 9.86. The average Bonchev–Trinajstić information content (AvgIpc) is 2.74. The molecule has 0 atom stereocenters. The minimum absolute atomic E-state index is 0. The Morgan fingerprint density at radius 2 is 1.40 bits per heavy atom. The molecule has 1 aliphatic rings. The molecule has 0 aliphatic carbocycles. The summed E-state index contributed by atoms with van der Waals surface area (Å²) in [5, 5.41) is 5.49. The molecule has 11 heteroatoms. The van der Waals surface area contributed by atoms with E-state index >= 15 is 0 Å². The first-order chi connectivity index (χ1) is 15.7. The van der Waals surface area contributed by atoms with Gasteiger partial charge in [0.25, 0.3) is 0 Å². The molecule has 3 rings (SSSR count). The highest BCUT2D eigenvalue weighted by atomic mass is 35.5. The van der Waals surface area contributed by atoms with E-state index in [-0.39, 0.29) is 55.4 Å². The molecule has 192 valence electrons. The highest BCUT2D eigenvalue weighted by molar-refractivity contribution is 5.98. The lowest BCUT2D eigenvalue weighted by molar-refractivity contribution is -0.274. The van der Waals surface area contributed by atoms with Gasteiger partial charge in [0.1, 0.15) is 5.75 Å². The number of carbonyl (C=O) groups is 2. The first-order valence-corrected chi connectivity index (χ1v) is 10.9. The Hall–Kier alpha value is -2.98. The fourth-order valence-electron chi connectivity index (χ4n) is 3.59. The van der Waals surface area contributed by atoms with Gasteiger partial charge in [-0.3, -0.25) is 4.79 Å². The van der Waals surface area contributed by atoms with E-state index in [1.807, 2.05) is 24.3 Å². The van der Waals surface area contributed by atoms with Crippen LogP contribution < -0.4 is 21.1 Å². The number of hydrogen-bond donors (Lipinski definition) is 3. The van der Waals surface area contributed by atoms with E-state index in [0.29, 0.717) is 11.4 Å². The Morgan fingerprint density at radius 3 is 1.89 bits per heavy atom. The van der Waals surface area contributed by atoms with E-state index in [4.69, 9.17) is 5.73 Å². The van der Waals surface area contributed by atoms with Gasteiger partial charge in [0.2, 0.25) is 5.91 Å². The number of alkyl halides is 3. The number of amides is 3. The third-order valence-corrected chi connectivity index (χ3v) is 5.74. The number of halogens is 4. The summed E-state index contributed by atoms with van der Waals surface area (Å²) >= 11 is 0. The molecule has 2 aromatic carbocycles. The number of likely N-dealkylation sites (tertiary alicyclic amines) is 1.